The first-order chi connectivity index (χ1) is 8.63. The third-order valence-electron chi connectivity index (χ3n) is 2.88. The van der Waals surface area contributed by atoms with E-state index in [4.69, 9.17) is 0 Å². The van der Waals surface area contributed by atoms with Gasteiger partial charge in [-0.2, -0.15) is 0 Å². The molecule has 0 bridgehead atoms. The van der Waals surface area contributed by atoms with Crippen LogP contribution in [-0.2, 0) is 6.54 Å². The third kappa shape index (κ3) is 4.02. The highest BCUT2D eigenvalue weighted by Gasteiger charge is 2.20. The van der Waals surface area contributed by atoms with Gasteiger partial charge in [-0.05, 0) is 30.9 Å². The van der Waals surface area contributed by atoms with E-state index in [0.29, 0.717) is 6.04 Å². The van der Waals surface area contributed by atoms with Gasteiger partial charge in [-0.3, -0.25) is 9.98 Å². The number of thioether (sulfide) groups is 1. The van der Waals surface area contributed by atoms with Gasteiger partial charge in [0, 0.05) is 23.7 Å². The Morgan fingerprint density at radius 1 is 1.50 bits per heavy atom. The number of aromatic nitrogens is 1. The molecule has 1 N–H and O–H groups in total. The number of nitrogens with zero attached hydrogens (tertiary/aromatic N) is 2. The molecule has 18 heavy (non-hydrogen) atoms. The van der Waals surface area contributed by atoms with Gasteiger partial charge >= 0.3 is 0 Å². The Morgan fingerprint density at radius 2 is 2.33 bits per heavy atom. The first kappa shape index (κ1) is 13.4. The van der Waals surface area contributed by atoms with Crippen LogP contribution in [0.4, 0.5) is 0 Å². The summed E-state index contributed by atoms with van der Waals surface area (Å²) < 4.78 is 0. The molecule has 1 unspecified atom stereocenters. The number of amidine groups is 1. The maximum absolute atomic E-state index is 4.61. The molecular formula is C14H21N3S. The van der Waals surface area contributed by atoms with Crippen molar-refractivity contribution in [3.63, 3.8) is 0 Å². The molecule has 3 nitrogen and oxygen atoms in total. The molecular weight excluding hydrogens is 242 g/mol. The van der Waals surface area contributed by atoms with E-state index in [1.807, 2.05) is 30.9 Å². The minimum absolute atomic E-state index is 0.588. The molecule has 1 aromatic heterocycles. The van der Waals surface area contributed by atoms with Crippen LogP contribution in [0.25, 0.3) is 0 Å². The van der Waals surface area contributed by atoms with E-state index in [1.165, 1.54) is 12.0 Å². The predicted molar refractivity (Wildman–Crippen MR) is 78.9 cm³/mol. The van der Waals surface area contributed by atoms with Gasteiger partial charge in [0.25, 0.3) is 0 Å². The Balaban J connectivity index is 1.85. The highest BCUT2D eigenvalue weighted by Crippen LogP contribution is 2.19. The maximum Gasteiger partial charge on any atom is 0.157 e. The van der Waals surface area contributed by atoms with Gasteiger partial charge in [-0.25, -0.2) is 0 Å². The standard InChI is InChI=1S/C14H21N3S/c1-10(2)6-13-9-18-14(17-13)16-8-12-5-4-11(3)15-7-12/h4-5,7,10,13H,6,8-9H2,1-3H3,(H,16,17). The average molecular weight is 263 g/mol. The van der Waals surface area contributed by atoms with Crippen molar-refractivity contribution >= 4 is 16.9 Å². The molecule has 1 atom stereocenters. The maximum atomic E-state index is 4.61. The molecule has 4 heteroatoms. The Bertz CT molecular complexity index is 412. The van der Waals surface area contributed by atoms with Crippen molar-refractivity contribution in [2.75, 3.05) is 5.75 Å². The fourth-order valence-corrected chi connectivity index (χ4v) is 2.96. The zero-order valence-electron chi connectivity index (χ0n) is 11.3. The molecule has 98 valence electrons. The lowest BCUT2D eigenvalue weighted by molar-refractivity contribution is 0.502. The van der Waals surface area contributed by atoms with E-state index >= 15 is 0 Å². The molecule has 1 fully saturated rings. The van der Waals surface area contributed by atoms with Crippen molar-refractivity contribution in [2.24, 2.45) is 10.9 Å². The number of nitrogens with one attached hydrogen (secondary N) is 1. The van der Waals surface area contributed by atoms with Crippen molar-refractivity contribution in [1.82, 2.24) is 10.3 Å². The van der Waals surface area contributed by atoms with Crippen molar-refractivity contribution in [2.45, 2.75) is 39.8 Å². The summed E-state index contributed by atoms with van der Waals surface area (Å²) in [5.74, 6) is 1.88. The van der Waals surface area contributed by atoms with E-state index in [-0.39, 0.29) is 0 Å². The monoisotopic (exact) mass is 263 g/mol. The van der Waals surface area contributed by atoms with Gasteiger partial charge < -0.3 is 5.32 Å². The van der Waals surface area contributed by atoms with Crippen LogP contribution in [0.1, 0.15) is 31.5 Å². The van der Waals surface area contributed by atoms with Gasteiger partial charge in [0.1, 0.15) is 0 Å². The first-order valence-corrected chi connectivity index (χ1v) is 7.47. The third-order valence-corrected chi connectivity index (χ3v) is 3.97. The molecule has 1 saturated heterocycles. The van der Waals surface area contributed by atoms with Gasteiger partial charge in [0.05, 0.1) is 6.54 Å². The number of pyridine rings is 1. The lowest BCUT2D eigenvalue weighted by Crippen LogP contribution is -2.28. The van der Waals surface area contributed by atoms with Crippen molar-refractivity contribution in [1.29, 1.82) is 0 Å². The van der Waals surface area contributed by atoms with Gasteiger partial charge in [-0.1, -0.05) is 31.7 Å². The Morgan fingerprint density at radius 3 is 3.00 bits per heavy atom. The molecule has 0 amide bonds. The van der Waals surface area contributed by atoms with Crippen LogP contribution >= 0.6 is 11.8 Å². The van der Waals surface area contributed by atoms with Crippen molar-refractivity contribution in [3.05, 3.63) is 29.6 Å². The summed E-state index contributed by atoms with van der Waals surface area (Å²) in [6.07, 6.45) is 3.13. The summed E-state index contributed by atoms with van der Waals surface area (Å²) in [4.78, 5) is 8.89. The molecule has 2 rings (SSSR count). The smallest absolute Gasteiger partial charge is 0.157 e. The largest absolute Gasteiger partial charge is 0.361 e. The molecule has 1 aliphatic heterocycles. The van der Waals surface area contributed by atoms with Gasteiger partial charge in [0.2, 0.25) is 0 Å². The zero-order chi connectivity index (χ0) is 13.0. The summed E-state index contributed by atoms with van der Waals surface area (Å²) in [7, 11) is 0. The normalized spacial score (nSPS) is 21.6. The summed E-state index contributed by atoms with van der Waals surface area (Å²) in [5.41, 5.74) is 2.22. The molecule has 0 aliphatic carbocycles. The number of aryl methyl sites for hydroxylation is 1. The van der Waals surface area contributed by atoms with Crippen LogP contribution in [-0.4, -0.2) is 21.9 Å². The topological polar surface area (TPSA) is 37.3 Å². The second kappa shape index (κ2) is 6.23. The minimum atomic E-state index is 0.588. The highest BCUT2D eigenvalue weighted by atomic mass is 32.2. The van der Waals surface area contributed by atoms with E-state index in [9.17, 15) is 0 Å². The number of rotatable bonds is 4. The molecule has 0 spiro atoms. The Kier molecular flexibility index (Phi) is 4.64. The fraction of sp³-hybridized carbons (Fsp3) is 0.571. The van der Waals surface area contributed by atoms with Gasteiger partial charge in [-0.15, -0.1) is 0 Å². The Hall–Kier alpha value is -1.03. The average Bonchev–Trinajstić information content (AvgIpc) is 2.75. The van der Waals surface area contributed by atoms with Crippen molar-refractivity contribution < 1.29 is 0 Å². The molecule has 1 aromatic rings. The number of hydrogen-bond donors (Lipinski definition) is 1. The van der Waals surface area contributed by atoms with Crippen molar-refractivity contribution in [3.8, 4) is 0 Å². The lowest BCUT2D eigenvalue weighted by Gasteiger charge is -2.11. The molecule has 0 saturated carbocycles. The minimum Gasteiger partial charge on any atom is -0.361 e. The molecule has 0 aromatic carbocycles. The predicted octanol–water partition coefficient (Wildman–Crippen LogP) is 3.00. The number of hydrogen-bond acceptors (Lipinski definition) is 3. The summed E-state index contributed by atoms with van der Waals surface area (Å²) in [5, 5.41) is 4.58. The van der Waals surface area contributed by atoms with E-state index in [0.717, 1.165) is 29.1 Å². The SMILES string of the molecule is Cc1ccc(CN=C2NC(CC(C)C)CS2)cn1. The van der Waals surface area contributed by atoms with Crippen LogP contribution in [0.15, 0.2) is 23.3 Å². The lowest BCUT2D eigenvalue weighted by atomic mass is 10.1. The van der Waals surface area contributed by atoms with Crippen LogP contribution in [0.2, 0.25) is 0 Å². The molecule has 0 radical (unpaired) electrons. The van der Waals surface area contributed by atoms with E-state index in [1.54, 1.807) is 0 Å². The summed E-state index contributed by atoms with van der Waals surface area (Å²) >= 11 is 1.83. The van der Waals surface area contributed by atoms with E-state index in [2.05, 4.69) is 35.2 Å². The van der Waals surface area contributed by atoms with Crippen LogP contribution < -0.4 is 5.32 Å². The van der Waals surface area contributed by atoms with Crippen LogP contribution in [0.3, 0.4) is 0 Å². The zero-order valence-corrected chi connectivity index (χ0v) is 12.1. The summed E-state index contributed by atoms with van der Waals surface area (Å²) in [6.45, 7) is 7.25. The molecule has 2 heterocycles. The van der Waals surface area contributed by atoms with E-state index < -0.39 is 0 Å². The molecule has 1 aliphatic rings. The second-order valence-corrected chi connectivity index (χ2v) is 6.22. The summed E-state index contributed by atoms with van der Waals surface area (Å²) in [6, 6.07) is 4.72. The number of aliphatic imine (C=N–C) groups is 1. The Labute approximate surface area is 113 Å². The van der Waals surface area contributed by atoms with Crippen LogP contribution in [0, 0.1) is 12.8 Å². The second-order valence-electron chi connectivity index (χ2n) is 5.21. The van der Waals surface area contributed by atoms with Crippen LogP contribution in [0.5, 0.6) is 0 Å². The highest BCUT2D eigenvalue weighted by molar-refractivity contribution is 8.14. The quantitative estimate of drug-likeness (QED) is 0.907. The fourth-order valence-electron chi connectivity index (χ4n) is 1.98. The van der Waals surface area contributed by atoms with Gasteiger partial charge in [0.15, 0.2) is 5.17 Å². The first-order valence-electron chi connectivity index (χ1n) is 6.49.